The van der Waals surface area contributed by atoms with E-state index < -0.39 is 0 Å². The summed E-state index contributed by atoms with van der Waals surface area (Å²) in [5.74, 6) is 0. The third kappa shape index (κ3) is 4.74. The molecule has 0 spiro atoms. The molecule has 0 unspecified atom stereocenters. The summed E-state index contributed by atoms with van der Waals surface area (Å²) in [6.07, 6.45) is 0. The van der Waals surface area contributed by atoms with Gasteiger partial charge >= 0.3 is 29.6 Å². The average molecular weight is 450 g/mol. The predicted molar refractivity (Wildman–Crippen MR) is 150 cm³/mol. The molecule has 0 saturated heterocycles. The summed E-state index contributed by atoms with van der Waals surface area (Å²) in [7, 11) is 4.26. The molecule has 0 N–H and O–H groups in total. The van der Waals surface area contributed by atoms with E-state index in [2.05, 4.69) is 146 Å². The Morgan fingerprint density at radius 3 is 1.18 bits per heavy atom. The molecule has 0 saturated carbocycles. The van der Waals surface area contributed by atoms with Crippen LogP contribution < -0.4 is 4.90 Å². The minimum absolute atomic E-state index is 0. The van der Waals surface area contributed by atoms with Crippen LogP contribution in [0.4, 0.5) is 5.69 Å². The van der Waals surface area contributed by atoms with Crippen LogP contribution in [0.3, 0.4) is 0 Å². The summed E-state index contributed by atoms with van der Waals surface area (Å²) in [5.41, 5.74) is 11.1. The van der Waals surface area contributed by atoms with Gasteiger partial charge in [0.05, 0.1) is 0 Å². The standard InChI is InChI=1S/C32H27N.Na.H/c1-33(2)29-23-28(24-15-7-3-8-16-24)30(25-17-9-4-10-18-25)32(27-21-13-6-14-22-27)31(29)26-19-11-5-12-20-26;;/h3-23H,1-2H3;;. The van der Waals surface area contributed by atoms with Gasteiger partial charge < -0.3 is 4.90 Å². The summed E-state index contributed by atoms with van der Waals surface area (Å²) in [6.45, 7) is 0. The van der Waals surface area contributed by atoms with Crippen LogP contribution in [0.1, 0.15) is 0 Å². The van der Waals surface area contributed by atoms with Crippen molar-refractivity contribution < 1.29 is 0 Å². The van der Waals surface area contributed by atoms with Gasteiger partial charge in [0, 0.05) is 30.9 Å². The van der Waals surface area contributed by atoms with Crippen molar-refractivity contribution >= 4 is 35.2 Å². The van der Waals surface area contributed by atoms with Gasteiger partial charge in [-0.15, -0.1) is 0 Å². The first kappa shape index (κ1) is 24.0. The fourth-order valence-corrected chi connectivity index (χ4v) is 4.56. The molecule has 2 heteroatoms. The predicted octanol–water partition coefficient (Wildman–Crippen LogP) is 7.77. The first-order chi connectivity index (χ1) is 16.2. The molecular formula is C32H28NNa. The van der Waals surface area contributed by atoms with Gasteiger partial charge in [-0.05, 0) is 39.4 Å². The molecule has 162 valence electrons. The molecule has 0 aliphatic heterocycles. The van der Waals surface area contributed by atoms with Crippen molar-refractivity contribution in [1.82, 2.24) is 0 Å². The van der Waals surface area contributed by atoms with Crippen LogP contribution >= 0.6 is 0 Å². The third-order valence-electron chi connectivity index (χ3n) is 6.06. The van der Waals surface area contributed by atoms with E-state index in [-0.39, 0.29) is 29.6 Å². The maximum absolute atomic E-state index is 2.35. The number of rotatable bonds is 5. The Labute approximate surface area is 225 Å². The molecule has 34 heavy (non-hydrogen) atoms. The van der Waals surface area contributed by atoms with Crippen molar-refractivity contribution in [2.24, 2.45) is 0 Å². The van der Waals surface area contributed by atoms with Gasteiger partial charge in [0.2, 0.25) is 0 Å². The maximum atomic E-state index is 2.35. The molecular weight excluding hydrogens is 421 g/mol. The van der Waals surface area contributed by atoms with E-state index >= 15 is 0 Å². The van der Waals surface area contributed by atoms with E-state index in [1.807, 2.05) is 0 Å². The van der Waals surface area contributed by atoms with Crippen LogP contribution in [-0.2, 0) is 0 Å². The second-order valence-corrected chi connectivity index (χ2v) is 8.43. The number of anilines is 1. The molecule has 1 nitrogen and oxygen atoms in total. The molecule has 0 aliphatic carbocycles. The van der Waals surface area contributed by atoms with Gasteiger partial charge in [-0.25, -0.2) is 0 Å². The summed E-state index contributed by atoms with van der Waals surface area (Å²) in [5, 5.41) is 0. The first-order valence-electron chi connectivity index (χ1n) is 11.3. The molecule has 0 fully saturated rings. The van der Waals surface area contributed by atoms with Crippen molar-refractivity contribution in [3.8, 4) is 44.5 Å². The molecule has 0 radical (unpaired) electrons. The van der Waals surface area contributed by atoms with Crippen molar-refractivity contribution in [3.63, 3.8) is 0 Å². The van der Waals surface area contributed by atoms with Gasteiger partial charge in [0.1, 0.15) is 0 Å². The fraction of sp³-hybridized carbons (Fsp3) is 0.0625. The Kier molecular flexibility index (Phi) is 7.70. The minimum atomic E-state index is 0. The van der Waals surface area contributed by atoms with Crippen LogP contribution in [0.15, 0.2) is 127 Å². The monoisotopic (exact) mass is 449 g/mol. The summed E-state index contributed by atoms with van der Waals surface area (Å²) in [6, 6.07) is 45.4. The molecule has 5 aromatic carbocycles. The van der Waals surface area contributed by atoms with Gasteiger partial charge in [0.15, 0.2) is 0 Å². The van der Waals surface area contributed by atoms with Crippen molar-refractivity contribution in [3.05, 3.63) is 127 Å². The zero-order chi connectivity index (χ0) is 22.6. The molecule has 0 heterocycles. The van der Waals surface area contributed by atoms with Crippen LogP contribution in [0, 0.1) is 0 Å². The summed E-state index contributed by atoms with van der Waals surface area (Å²) < 4.78 is 0. The summed E-state index contributed by atoms with van der Waals surface area (Å²) >= 11 is 0. The molecule has 0 atom stereocenters. The normalized spacial score (nSPS) is 10.4. The molecule has 5 rings (SSSR count). The van der Waals surface area contributed by atoms with Gasteiger partial charge in [-0.2, -0.15) is 0 Å². The number of hydrogen-bond donors (Lipinski definition) is 0. The van der Waals surface area contributed by atoms with Crippen LogP contribution in [0.5, 0.6) is 0 Å². The molecule has 0 bridgehead atoms. The van der Waals surface area contributed by atoms with Crippen LogP contribution in [-0.4, -0.2) is 43.7 Å². The Morgan fingerprint density at radius 2 is 0.765 bits per heavy atom. The van der Waals surface area contributed by atoms with E-state index in [1.54, 1.807) is 0 Å². The van der Waals surface area contributed by atoms with E-state index in [9.17, 15) is 0 Å². The van der Waals surface area contributed by atoms with Crippen molar-refractivity contribution in [2.45, 2.75) is 0 Å². The number of hydrogen-bond acceptors (Lipinski definition) is 1. The Bertz CT molecular complexity index is 1350. The zero-order valence-corrected chi connectivity index (χ0v) is 19.1. The van der Waals surface area contributed by atoms with E-state index in [0.29, 0.717) is 0 Å². The summed E-state index contributed by atoms with van der Waals surface area (Å²) in [4.78, 5) is 2.23. The molecule has 0 amide bonds. The topological polar surface area (TPSA) is 3.24 Å². The number of nitrogens with zero attached hydrogens (tertiary/aromatic N) is 1. The Balaban J connectivity index is 0.00000274. The van der Waals surface area contributed by atoms with Crippen molar-refractivity contribution in [2.75, 3.05) is 19.0 Å². The van der Waals surface area contributed by atoms with E-state index in [1.165, 1.54) is 50.2 Å². The number of benzene rings is 5. The first-order valence-corrected chi connectivity index (χ1v) is 11.3. The van der Waals surface area contributed by atoms with Gasteiger partial charge in [0.25, 0.3) is 0 Å². The second-order valence-electron chi connectivity index (χ2n) is 8.43. The molecule has 5 aromatic rings. The third-order valence-corrected chi connectivity index (χ3v) is 6.06. The van der Waals surface area contributed by atoms with Crippen molar-refractivity contribution in [1.29, 1.82) is 0 Å². The van der Waals surface area contributed by atoms with E-state index in [0.717, 1.165) is 0 Å². The van der Waals surface area contributed by atoms with Crippen LogP contribution in [0.2, 0.25) is 0 Å². The van der Waals surface area contributed by atoms with Gasteiger partial charge in [-0.1, -0.05) is 121 Å². The Hall–Kier alpha value is -3.10. The zero-order valence-electron chi connectivity index (χ0n) is 19.1. The molecule has 0 aromatic heterocycles. The van der Waals surface area contributed by atoms with Crippen LogP contribution in [0.25, 0.3) is 44.5 Å². The fourth-order valence-electron chi connectivity index (χ4n) is 4.56. The second kappa shape index (κ2) is 10.9. The quantitative estimate of drug-likeness (QED) is 0.248. The Morgan fingerprint density at radius 1 is 0.412 bits per heavy atom. The van der Waals surface area contributed by atoms with Gasteiger partial charge in [-0.3, -0.25) is 0 Å². The van der Waals surface area contributed by atoms with E-state index in [4.69, 9.17) is 0 Å². The SMILES string of the molecule is CN(C)c1cc(-c2ccccc2)c(-c2ccccc2)c(-c2ccccc2)c1-c1ccccc1.[NaH]. The molecule has 0 aliphatic rings. The average Bonchev–Trinajstić information content (AvgIpc) is 2.89.